The van der Waals surface area contributed by atoms with Crippen molar-refractivity contribution >= 4 is 22.7 Å². The molecule has 1 aliphatic rings. The van der Waals surface area contributed by atoms with Gasteiger partial charge >= 0.3 is 6.03 Å². The zero-order valence-corrected chi connectivity index (χ0v) is 20.5. The van der Waals surface area contributed by atoms with Crippen LogP contribution in [0.25, 0.3) is 10.8 Å². The van der Waals surface area contributed by atoms with E-state index in [2.05, 4.69) is 10.2 Å². The van der Waals surface area contributed by atoms with Crippen LogP contribution in [0.3, 0.4) is 0 Å². The van der Waals surface area contributed by atoms with Gasteiger partial charge in [0.1, 0.15) is 11.6 Å². The third-order valence-corrected chi connectivity index (χ3v) is 6.14. The Morgan fingerprint density at radius 3 is 2.31 bits per heavy atom. The lowest BCUT2D eigenvalue weighted by atomic mass is 10.1. The molecule has 0 aliphatic carbocycles. The number of halogens is 1. The maximum atomic E-state index is 14.7. The van der Waals surface area contributed by atoms with Gasteiger partial charge in [-0.1, -0.05) is 26.0 Å². The SMILES string of the molecule is CCCN(CCC)C(=O)N1CCN(C(=O)c2cc(Oc3n[nH]c(=O)c4ccccc34)ccc2F)CC1. The molecule has 0 radical (unpaired) electrons. The summed E-state index contributed by atoms with van der Waals surface area (Å²) in [6, 6.07) is 10.7. The number of hydrogen-bond donors (Lipinski definition) is 1. The molecule has 0 bridgehead atoms. The van der Waals surface area contributed by atoms with Gasteiger partial charge in [0.25, 0.3) is 11.5 Å². The Morgan fingerprint density at radius 2 is 1.64 bits per heavy atom. The van der Waals surface area contributed by atoms with Crippen LogP contribution in [0.1, 0.15) is 37.0 Å². The number of aromatic amines is 1. The predicted molar refractivity (Wildman–Crippen MR) is 134 cm³/mol. The molecule has 2 heterocycles. The first-order chi connectivity index (χ1) is 17.4. The Hall–Kier alpha value is -3.95. The summed E-state index contributed by atoms with van der Waals surface area (Å²) in [5.41, 5.74) is -0.474. The molecule has 10 heteroatoms. The molecule has 1 saturated heterocycles. The highest BCUT2D eigenvalue weighted by Gasteiger charge is 2.28. The highest BCUT2D eigenvalue weighted by Crippen LogP contribution is 2.27. The highest BCUT2D eigenvalue weighted by molar-refractivity contribution is 5.95. The van der Waals surface area contributed by atoms with Crippen molar-refractivity contribution in [3.63, 3.8) is 0 Å². The number of piperazine rings is 1. The number of aromatic nitrogens is 2. The summed E-state index contributed by atoms with van der Waals surface area (Å²) in [6.07, 6.45) is 1.76. The van der Waals surface area contributed by atoms with Crippen LogP contribution in [0.15, 0.2) is 47.3 Å². The molecule has 0 saturated carbocycles. The molecule has 0 atom stereocenters. The molecule has 4 rings (SSSR count). The second-order valence-electron chi connectivity index (χ2n) is 8.70. The number of benzene rings is 2. The van der Waals surface area contributed by atoms with Gasteiger partial charge in [-0.3, -0.25) is 9.59 Å². The zero-order valence-electron chi connectivity index (χ0n) is 20.5. The van der Waals surface area contributed by atoms with Crippen molar-refractivity contribution in [3.8, 4) is 11.6 Å². The molecular weight excluding hydrogens is 465 g/mol. The fourth-order valence-corrected chi connectivity index (χ4v) is 4.32. The van der Waals surface area contributed by atoms with E-state index in [-0.39, 0.29) is 28.8 Å². The summed E-state index contributed by atoms with van der Waals surface area (Å²) in [5, 5.41) is 7.26. The molecule has 1 aliphatic heterocycles. The van der Waals surface area contributed by atoms with Crippen molar-refractivity contribution in [2.75, 3.05) is 39.3 Å². The number of hydrogen-bond acceptors (Lipinski definition) is 5. The minimum atomic E-state index is -0.665. The molecular formula is C26H30FN5O4. The van der Waals surface area contributed by atoms with E-state index in [0.717, 1.165) is 12.8 Å². The van der Waals surface area contributed by atoms with Gasteiger partial charge in [-0.25, -0.2) is 14.3 Å². The van der Waals surface area contributed by atoms with E-state index in [1.165, 1.54) is 18.2 Å². The van der Waals surface area contributed by atoms with Crippen molar-refractivity contribution < 1.29 is 18.7 Å². The monoisotopic (exact) mass is 495 g/mol. The van der Waals surface area contributed by atoms with Crippen molar-refractivity contribution in [1.82, 2.24) is 24.9 Å². The second kappa shape index (κ2) is 11.2. The van der Waals surface area contributed by atoms with E-state index in [4.69, 9.17) is 4.74 Å². The molecule has 9 nitrogen and oxygen atoms in total. The summed E-state index contributed by atoms with van der Waals surface area (Å²) < 4.78 is 20.5. The Labute approximate surface area is 208 Å². The molecule has 1 fully saturated rings. The number of urea groups is 1. The molecule has 3 amide bonds. The van der Waals surface area contributed by atoms with E-state index in [9.17, 15) is 18.8 Å². The first-order valence-corrected chi connectivity index (χ1v) is 12.2. The number of nitrogens with one attached hydrogen (secondary N) is 1. The van der Waals surface area contributed by atoms with Crippen LogP contribution in [-0.2, 0) is 0 Å². The first kappa shape index (κ1) is 25.2. The molecule has 1 aromatic heterocycles. The molecule has 2 aromatic carbocycles. The minimum Gasteiger partial charge on any atom is -0.437 e. The summed E-state index contributed by atoms with van der Waals surface area (Å²) >= 11 is 0. The molecule has 36 heavy (non-hydrogen) atoms. The molecule has 1 N–H and O–H groups in total. The van der Waals surface area contributed by atoms with E-state index in [0.29, 0.717) is 50.0 Å². The van der Waals surface area contributed by atoms with Crippen LogP contribution in [0.4, 0.5) is 9.18 Å². The van der Waals surface area contributed by atoms with Crippen LogP contribution in [0.2, 0.25) is 0 Å². The van der Waals surface area contributed by atoms with Crippen molar-refractivity contribution in [3.05, 3.63) is 64.2 Å². The largest absolute Gasteiger partial charge is 0.437 e. The zero-order chi connectivity index (χ0) is 25.7. The lowest BCUT2D eigenvalue weighted by Gasteiger charge is -2.37. The van der Waals surface area contributed by atoms with Crippen LogP contribution >= 0.6 is 0 Å². The predicted octanol–water partition coefficient (Wildman–Crippen LogP) is 3.85. The van der Waals surface area contributed by atoms with Crippen LogP contribution in [0.5, 0.6) is 11.6 Å². The second-order valence-corrected chi connectivity index (χ2v) is 8.70. The highest BCUT2D eigenvalue weighted by atomic mass is 19.1. The Morgan fingerprint density at radius 1 is 1.00 bits per heavy atom. The van der Waals surface area contributed by atoms with E-state index in [1.54, 1.807) is 34.1 Å². The Balaban J connectivity index is 1.47. The number of carbonyl (C=O) groups is 2. The summed E-state index contributed by atoms with van der Waals surface area (Å²) in [5.74, 6) is -0.774. The summed E-state index contributed by atoms with van der Waals surface area (Å²) in [6.45, 7) is 6.87. The number of nitrogens with zero attached hydrogens (tertiary/aromatic N) is 4. The van der Waals surface area contributed by atoms with Gasteiger partial charge in [0.05, 0.1) is 16.3 Å². The maximum absolute atomic E-state index is 14.7. The van der Waals surface area contributed by atoms with E-state index >= 15 is 0 Å². The number of fused-ring (bicyclic) bond motifs is 1. The van der Waals surface area contributed by atoms with Gasteiger partial charge in [-0.05, 0) is 43.2 Å². The lowest BCUT2D eigenvalue weighted by Crippen LogP contribution is -2.54. The van der Waals surface area contributed by atoms with Crippen molar-refractivity contribution in [1.29, 1.82) is 0 Å². The van der Waals surface area contributed by atoms with Gasteiger partial charge in [-0.15, -0.1) is 5.10 Å². The number of carbonyl (C=O) groups excluding carboxylic acids is 2. The van der Waals surface area contributed by atoms with E-state index in [1.807, 2.05) is 18.7 Å². The smallest absolute Gasteiger partial charge is 0.320 e. The van der Waals surface area contributed by atoms with Crippen LogP contribution < -0.4 is 10.3 Å². The van der Waals surface area contributed by atoms with Crippen molar-refractivity contribution in [2.24, 2.45) is 0 Å². The van der Waals surface area contributed by atoms with E-state index < -0.39 is 11.7 Å². The maximum Gasteiger partial charge on any atom is 0.320 e. The fraction of sp³-hybridized carbons (Fsp3) is 0.385. The molecule has 0 unspecified atom stereocenters. The third kappa shape index (κ3) is 5.32. The van der Waals surface area contributed by atoms with Gasteiger partial charge in [0.2, 0.25) is 5.88 Å². The lowest BCUT2D eigenvalue weighted by molar-refractivity contribution is 0.0634. The minimum absolute atomic E-state index is 0.0204. The molecule has 3 aromatic rings. The number of ether oxygens (including phenoxy) is 1. The number of rotatable bonds is 7. The fourth-order valence-electron chi connectivity index (χ4n) is 4.32. The Kier molecular flexibility index (Phi) is 7.82. The molecule has 190 valence electrons. The topological polar surface area (TPSA) is 98.8 Å². The average molecular weight is 496 g/mol. The van der Waals surface area contributed by atoms with Gasteiger partial charge < -0.3 is 19.4 Å². The van der Waals surface area contributed by atoms with Gasteiger partial charge in [0.15, 0.2) is 0 Å². The first-order valence-electron chi connectivity index (χ1n) is 12.2. The normalized spacial score (nSPS) is 13.6. The number of H-pyrrole nitrogens is 1. The van der Waals surface area contributed by atoms with Crippen LogP contribution in [0, 0.1) is 5.82 Å². The quantitative estimate of drug-likeness (QED) is 0.537. The third-order valence-electron chi connectivity index (χ3n) is 6.14. The van der Waals surface area contributed by atoms with Crippen LogP contribution in [-0.4, -0.2) is 76.1 Å². The summed E-state index contributed by atoms with van der Waals surface area (Å²) in [7, 11) is 0. The van der Waals surface area contributed by atoms with Gasteiger partial charge in [-0.2, -0.15) is 0 Å². The van der Waals surface area contributed by atoms with Gasteiger partial charge in [0, 0.05) is 39.3 Å². The summed E-state index contributed by atoms with van der Waals surface area (Å²) in [4.78, 5) is 43.2. The van der Waals surface area contributed by atoms with Crippen molar-refractivity contribution in [2.45, 2.75) is 26.7 Å². The standard InChI is InChI=1S/C26H30FN5O4/c1-3-11-31(12-4-2)26(35)32-15-13-30(14-16-32)25(34)21-17-18(9-10-22(21)27)36-24-20-8-6-5-7-19(20)23(33)28-29-24/h5-10,17H,3-4,11-16H2,1-2H3,(H,28,33). The Bertz CT molecular complexity index is 1300. The average Bonchev–Trinajstić information content (AvgIpc) is 2.90. The molecule has 0 spiro atoms. The number of amides is 3.